The topological polar surface area (TPSA) is 94.2 Å². The lowest BCUT2D eigenvalue weighted by atomic mass is 10.1. The van der Waals surface area contributed by atoms with Gasteiger partial charge in [0.15, 0.2) is 6.23 Å². The predicted octanol–water partition coefficient (Wildman–Crippen LogP) is 2.69. The molecule has 136 valence electrons. The Morgan fingerprint density at radius 2 is 2.21 bits per heavy atom. The smallest absolute Gasteiger partial charge is 0.174 e. The van der Waals surface area contributed by atoms with Gasteiger partial charge in [-0.1, -0.05) is 17.7 Å². The van der Waals surface area contributed by atoms with E-state index in [4.69, 9.17) is 20.0 Å². The van der Waals surface area contributed by atoms with Crippen LogP contribution in [0.15, 0.2) is 40.1 Å². The minimum absolute atomic E-state index is 0.0793. The monoisotopic (exact) mass is 339 g/mol. The van der Waals surface area contributed by atoms with Gasteiger partial charge in [-0.2, -0.15) is 4.91 Å². The van der Waals surface area contributed by atoms with Crippen LogP contribution in [0.2, 0.25) is 0 Å². The van der Waals surface area contributed by atoms with Crippen LogP contribution >= 0.6 is 0 Å². The molecule has 0 aliphatic carbocycles. The van der Waals surface area contributed by atoms with Crippen molar-refractivity contribution in [3.8, 4) is 0 Å². The highest BCUT2D eigenvalue weighted by Gasteiger charge is 2.21. The van der Waals surface area contributed by atoms with Crippen LogP contribution in [-0.4, -0.2) is 44.7 Å². The number of nitrogens with two attached hydrogens (primary N) is 1. The Balaban J connectivity index is 0.00000163. The normalized spacial score (nSPS) is 17.8. The molecule has 0 radical (unpaired) electrons. The van der Waals surface area contributed by atoms with E-state index in [2.05, 4.69) is 12.1 Å². The van der Waals surface area contributed by atoms with Crippen molar-refractivity contribution in [1.29, 1.82) is 0 Å². The SMILES string of the molecule is CC=O.CCC(C)=C(N)/C(=C\N(C)C1CC=C(CN=O)O1)COC. The third-order valence-electron chi connectivity index (χ3n) is 3.50. The zero-order valence-electron chi connectivity index (χ0n) is 15.2. The average molecular weight is 339 g/mol. The molecule has 0 saturated carbocycles. The van der Waals surface area contributed by atoms with E-state index in [-0.39, 0.29) is 12.8 Å². The first-order valence-corrected chi connectivity index (χ1v) is 7.86. The molecule has 0 aromatic rings. The summed E-state index contributed by atoms with van der Waals surface area (Å²) in [5, 5.41) is 2.84. The van der Waals surface area contributed by atoms with Gasteiger partial charge in [-0.15, -0.1) is 0 Å². The van der Waals surface area contributed by atoms with Crippen molar-refractivity contribution in [1.82, 2.24) is 4.90 Å². The van der Waals surface area contributed by atoms with Crippen LogP contribution < -0.4 is 5.73 Å². The Labute approximate surface area is 144 Å². The zero-order valence-corrected chi connectivity index (χ0v) is 15.2. The summed E-state index contributed by atoms with van der Waals surface area (Å²) >= 11 is 0. The van der Waals surface area contributed by atoms with Gasteiger partial charge in [0.05, 0.1) is 6.61 Å². The maximum absolute atomic E-state index is 10.3. The molecule has 0 spiro atoms. The van der Waals surface area contributed by atoms with E-state index in [1.807, 2.05) is 31.1 Å². The van der Waals surface area contributed by atoms with Gasteiger partial charge in [0.25, 0.3) is 0 Å². The average Bonchev–Trinajstić information content (AvgIpc) is 3.03. The van der Waals surface area contributed by atoms with Crippen molar-refractivity contribution in [2.75, 3.05) is 27.3 Å². The Kier molecular flexibility index (Phi) is 11.2. The first-order chi connectivity index (χ1) is 11.4. The van der Waals surface area contributed by atoms with Crippen LogP contribution in [0.4, 0.5) is 0 Å². The summed E-state index contributed by atoms with van der Waals surface area (Å²) in [7, 11) is 3.56. The third kappa shape index (κ3) is 7.41. The number of hydrogen-bond donors (Lipinski definition) is 1. The number of nitrogens with zero attached hydrogens (tertiary/aromatic N) is 2. The lowest BCUT2D eigenvalue weighted by Crippen LogP contribution is -2.28. The molecule has 0 saturated heterocycles. The molecule has 7 nitrogen and oxygen atoms in total. The van der Waals surface area contributed by atoms with Crippen LogP contribution in [0.1, 0.15) is 33.6 Å². The van der Waals surface area contributed by atoms with Crippen molar-refractivity contribution in [2.24, 2.45) is 10.9 Å². The van der Waals surface area contributed by atoms with Gasteiger partial charge in [-0.25, -0.2) is 0 Å². The minimum atomic E-state index is -0.136. The summed E-state index contributed by atoms with van der Waals surface area (Å²) < 4.78 is 10.9. The molecule has 7 heteroatoms. The van der Waals surface area contributed by atoms with Crippen LogP contribution in [-0.2, 0) is 14.3 Å². The zero-order chi connectivity index (χ0) is 18.5. The fourth-order valence-electron chi connectivity index (χ4n) is 2.05. The minimum Gasteiger partial charge on any atom is -0.473 e. The highest BCUT2D eigenvalue weighted by molar-refractivity contribution is 5.44. The molecule has 1 heterocycles. The quantitative estimate of drug-likeness (QED) is 0.415. The van der Waals surface area contributed by atoms with Crippen LogP contribution in [0.25, 0.3) is 0 Å². The second kappa shape index (κ2) is 12.3. The van der Waals surface area contributed by atoms with Crippen molar-refractivity contribution in [3.05, 3.63) is 39.8 Å². The molecule has 0 aromatic carbocycles. The summed E-state index contributed by atoms with van der Waals surface area (Å²) in [5.74, 6) is 0.622. The molecule has 0 amide bonds. The molecular formula is C17H29N3O4. The molecule has 0 aromatic heterocycles. The lowest BCUT2D eigenvalue weighted by Gasteiger charge is -2.25. The second-order valence-electron chi connectivity index (χ2n) is 5.30. The number of allylic oxidation sites excluding steroid dienone is 1. The molecule has 1 rings (SSSR count). The molecular weight excluding hydrogens is 310 g/mol. The fourth-order valence-corrected chi connectivity index (χ4v) is 2.05. The molecule has 1 atom stereocenters. The molecule has 1 aliphatic heterocycles. The van der Waals surface area contributed by atoms with E-state index in [1.54, 1.807) is 7.11 Å². The number of aldehydes is 1. The number of nitroso groups, excluding NO2 is 1. The number of carbonyl (C=O) groups excluding carboxylic acids is 1. The summed E-state index contributed by atoms with van der Waals surface area (Å²) in [4.78, 5) is 21.0. The summed E-state index contributed by atoms with van der Waals surface area (Å²) in [6, 6.07) is 0. The van der Waals surface area contributed by atoms with E-state index < -0.39 is 0 Å². The van der Waals surface area contributed by atoms with Gasteiger partial charge >= 0.3 is 0 Å². The maximum Gasteiger partial charge on any atom is 0.174 e. The summed E-state index contributed by atoms with van der Waals surface area (Å²) in [6.45, 7) is 6.05. The highest BCUT2D eigenvalue weighted by atomic mass is 16.5. The first kappa shape index (κ1) is 21.9. The van der Waals surface area contributed by atoms with Gasteiger partial charge in [0.2, 0.25) is 0 Å². The van der Waals surface area contributed by atoms with Gasteiger partial charge in [-0.3, -0.25) is 0 Å². The molecule has 1 unspecified atom stereocenters. The van der Waals surface area contributed by atoms with Crippen LogP contribution in [0.3, 0.4) is 0 Å². The van der Waals surface area contributed by atoms with Crippen molar-refractivity contribution in [3.63, 3.8) is 0 Å². The van der Waals surface area contributed by atoms with Crippen molar-refractivity contribution < 1.29 is 14.3 Å². The standard InChI is InChI=1S/C15H25N3O3.C2H4O/c1-5-11(2)15(16)12(10-20-4)9-18(3)14-7-6-13(21-14)8-17-19;1-2-3/h6,9,14H,5,7-8,10,16H2,1-4H3;2H,1H3/b12-9-,15-11?;. The van der Waals surface area contributed by atoms with Gasteiger partial charge in [0, 0.05) is 38.0 Å². The van der Waals surface area contributed by atoms with E-state index >= 15 is 0 Å². The molecule has 1 aliphatic rings. The molecule has 0 fully saturated rings. The van der Waals surface area contributed by atoms with Crippen LogP contribution in [0.5, 0.6) is 0 Å². The fraction of sp³-hybridized carbons (Fsp3) is 0.588. The highest BCUT2D eigenvalue weighted by Crippen LogP contribution is 2.21. The Hall–Kier alpha value is -2.15. The van der Waals surface area contributed by atoms with Crippen molar-refractivity contribution >= 4 is 6.29 Å². The summed E-state index contributed by atoms with van der Waals surface area (Å²) in [5.41, 5.74) is 8.98. The number of ether oxygens (including phenoxy) is 2. The van der Waals surface area contributed by atoms with Crippen molar-refractivity contribution in [2.45, 2.75) is 39.8 Å². The number of methoxy groups -OCH3 is 1. The van der Waals surface area contributed by atoms with E-state index in [0.29, 0.717) is 18.8 Å². The molecule has 24 heavy (non-hydrogen) atoms. The summed E-state index contributed by atoms with van der Waals surface area (Å²) in [6.07, 6.45) is 6.06. The third-order valence-corrected chi connectivity index (χ3v) is 3.50. The van der Waals surface area contributed by atoms with Crippen LogP contribution in [0, 0.1) is 4.91 Å². The largest absolute Gasteiger partial charge is 0.473 e. The number of carbonyl (C=O) groups is 1. The van der Waals surface area contributed by atoms with E-state index in [1.165, 1.54) is 6.92 Å². The lowest BCUT2D eigenvalue weighted by molar-refractivity contribution is -0.106. The maximum atomic E-state index is 10.3. The van der Waals surface area contributed by atoms with E-state index in [0.717, 1.165) is 29.6 Å². The van der Waals surface area contributed by atoms with Gasteiger partial charge in [-0.05, 0) is 26.3 Å². The number of hydrogen-bond acceptors (Lipinski definition) is 7. The second-order valence-corrected chi connectivity index (χ2v) is 5.30. The van der Waals surface area contributed by atoms with Gasteiger partial charge in [0.1, 0.15) is 18.6 Å². The Bertz CT molecular complexity index is 498. The number of rotatable bonds is 8. The predicted molar refractivity (Wildman–Crippen MR) is 94.9 cm³/mol. The Morgan fingerprint density at radius 1 is 1.58 bits per heavy atom. The Morgan fingerprint density at radius 3 is 2.71 bits per heavy atom. The van der Waals surface area contributed by atoms with E-state index in [9.17, 15) is 4.91 Å². The molecule has 2 N–H and O–H groups in total. The first-order valence-electron chi connectivity index (χ1n) is 7.86. The molecule has 0 bridgehead atoms. The van der Waals surface area contributed by atoms with Gasteiger partial charge < -0.3 is 24.9 Å².